The van der Waals surface area contributed by atoms with Crippen LogP contribution in [0.2, 0.25) is 10.0 Å². The highest BCUT2D eigenvalue weighted by Crippen LogP contribution is 2.26. The molecule has 7 heteroatoms. The minimum absolute atomic E-state index is 0.0809. The molecular formula is C14H18Cl2N4O. The fourth-order valence-corrected chi connectivity index (χ4v) is 2.55. The van der Waals surface area contributed by atoms with Gasteiger partial charge in [-0.15, -0.1) is 5.10 Å². The topological polar surface area (TPSA) is 63.0 Å². The molecule has 0 saturated carbocycles. The van der Waals surface area contributed by atoms with Crippen molar-refractivity contribution in [3.05, 3.63) is 45.7 Å². The van der Waals surface area contributed by atoms with E-state index in [1.165, 1.54) is 0 Å². The molecule has 1 aromatic carbocycles. The third-order valence-corrected chi connectivity index (χ3v) is 3.71. The molecule has 0 spiro atoms. The Kier molecular flexibility index (Phi) is 5.99. The highest BCUT2D eigenvalue weighted by atomic mass is 35.5. The number of hydrogen-bond donors (Lipinski definition) is 2. The Labute approximate surface area is 133 Å². The van der Waals surface area contributed by atoms with Gasteiger partial charge < -0.3 is 10.4 Å². The van der Waals surface area contributed by atoms with Crippen molar-refractivity contribution in [2.24, 2.45) is 0 Å². The lowest BCUT2D eigenvalue weighted by Gasteiger charge is -2.15. The van der Waals surface area contributed by atoms with Gasteiger partial charge in [-0.25, -0.2) is 0 Å². The molecule has 0 aliphatic heterocycles. The molecule has 2 aromatic rings. The zero-order valence-corrected chi connectivity index (χ0v) is 13.3. The lowest BCUT2D eigenvalue weighted by atomic mass is 10.1. The third kappa shape index (κ3) is 4.68. The molecule has 0 aliphatic carbocycles. The normalized spacial score (nSPS) is 12.6. The Morgan fingerprint density at radius 3 is 2.90 bits per heavy atom. The minimum atomic E-state index is 0.0809. The summed E-state index contributed by atoms with van der Waals surface area (Å²) in [6, 6.07) is 5.56. The van der Waals surface area contributed by atoms with E-state index in [1.54, 1.807) is 10.7 Å². The highest BCUT2D eigenvalue weighted by Gasteiger charge is 2.10. The first-order valence-electron chi connectivity index (χ1n) is 6.78. The van der Waals surface area contributed by atoms with E-state index in [-0.39, 0.29) is 12.6 Å². The summed E-state index contributed by atoms with van der Waals surface area (Å²) in [6.45, 7) is 3.45. The van der Waals surface area contributed by atoms with Crippen LogP contribution in [0.1, 0.15) is 30.6 Å². The maximum Gasteiger partial charge on any atom is 0.0965 e. The molecule has 0 fully saturated rings. The molecule has 2 rings (SSSR count). The van der Waals surface area contributed by atoms with Crippen molar-refractivity contribution >= 4 is 23.2 Å². The zero-order valence-electron chi connectivity index (χ0n) is 11.8. The Morgan fingerprint density at radius 2 is 2.19 bits per heavy atom. The maximum atomic E-state index is 8.79. The molecule has 21 heavy (non-hydrogen) atoms. The Balaban J connectivity index is 1.91. The Hall–Kier alpha value is -1.14. The second-order valence-electron chi connectivity index (χ2n) is 4.82. The molecule has 0 aliphatic rings. The van der Waals surface area contributed by atoms with Crippen molar-refractivity contribution in [3.63, 3.8) is 0 Å². The van der Waals surface area contributed by atoms with E-state index in [0.29, 0.717) is 29.6 Å². The first kappa shape index (κ1) is 16.2. The van der Waals surface area contributed by atoms with E-state index in [4.69, 9.17) is 28.3 Å². The number of halogens is 2. The van der Waals surface area contributed by atoms with E-state index in [9.17, 15) is 0 Å². The number of rotatable bonds is 7. The second kappa shape index (κ2) is 7.75. The summed E-state index contributed by atoms with van der Waals surface area (Å²) in [5, 5.41) is 21.5. The van der Waals surface area contributed by atoms with Gasteiger partial charge in [-0.2, -0.15) is 0 Å². The van der Waals surface area contributed by atoms with Gasteiger partial charge in [0.15, 0.2) is 0 Å². The number of nitrogens with one attached hydrogen (secondary N) is 1. The molecule has 114 valence electrons. The molecule has 0 saturated heterocycles. The van der Waals surface area contributed by atoms with Gasteiger partial charge in [-0.1, -0.05) is 34.5 Å². The number of aromatic nitrogens is 3. The maximum absolute atomic E-state index is 8.79. The Bertz CT molecular complexity index is 588. The van der Waals surface area contributed by atoms with Gasteiger partial charge in [0.25, 0.3) is 0 Å². The molecule has 1 unspecified atom stereocenters. The van der Waals surface area contributed by atoms with Crippen molar-refractivity contribution < 1.29 is 5.11 Å². The van der Waals surface area contributed by atoms with Crippen LogP contribution >= 0.6 is 23.2 Å². The van der Waals surface area contributed by atoms with Gasteiger partial charge >= 0.3 is 0 Å². The third-order valence-electron chi connectivity index (χ3n) is 3.15. The molecule has 5 nitrogen and oxygen atoms in total. The van der Waals surface area contributed by atoms with Gasteiger partial charge in [0.2, 0.25) is 0 Å². The van der Waals surface area contributed by atoms with Crippen molar-refractivity contribution in [2.45, 2.75) is 32.5 Å². The van der Waals surface area contributed by atoms with Crippen LogP contribution in [0.5, 0.6) is 0 Å². The summed E-state index contributed by atoms with van der Waals surface area (Å²) in [5.41, 5.74) is 1.85. The first-order chi connectivity index (χ1) is 10.1. The summed E-state index contributed by atoms with van der Waals surface area (Å²) in [4.78, 5) is 0. The molecule has 1 aromatic heterocycles. The number of benzene rings is 1. The number of nitrogens with zero attached hydrogens (tertiary/aromatic N) is 3. The van der Waals surface area contributed by atoms with Crippen molar-refractivity contribution in [2.75, 3.05) is 6.61 Å². The van der Waals surface area contributed by atoms with Crippen LogP contribution < -0.4 is 5.32 Å². The van der Waals surface area contributed by atoms with E-state index in [2.05, 4.69) is 15.6 Å². The average molecular weight is 329 g/mol. The van der Waals surface area contributed by atoms with E-state index in [0.717, 1.165) is 11.3 Å². The monoisotopic (exact) mass is 328 g/mol. The van der Waals surface area contributed by atoms with Crippen LogP contribution in [0.15, 0.2) is 24.4 Å². The van der Waals surface area contributed by atoms with Crippen LogP contribution in [-0.2, 0) is 13.1 Å². The van der Waals surface area contributed by atoms with E-state index >= 15 is 0 Å². The Morgan fingerprint density at radius 1 is 1.38 bits per heavy atom. The van der Waals surface area contributed by atoms with Crippen LogP contribution in [-0.4, -0.2) is 26.7 Å². The van der Waals surface area contributed by atoms with Crippen LogP contribution in [0.3, 0.4) is 0 Å². The second-order valence-corrected chi connectivity index (χ2v) is 5.66. The van der Waals surface area contributed by atoms with Crippen molar-refractivity contribution in [3.8, 4) is 0 Å². The zero-order chi connectivity index (χ0) is 15.2. The smallest absolute Gasteiger partial charge is 0.0965 e. The molecule has 0 radical (unpaired) electrons. The minimum Gasteiger partial charge on any atom is -0.396 e. The number of aryl methyl sites for hydroxylation is 1. The average Bonchev–Trinajstić information content (AvgIpc) is 2.90. The molecule has 1 heterocycles. The summed E-state index contributed by atoms with van der Waals surface area (Å²) < 4.78 is 1.73. The number of aliphatic hydroxyl groups is 1. The summed E-state index contributed by atoms with van der Waals surface area (Å²) in [5.74, 6) is 0. The van der Waals surface area contributed by atoms with Gasteiger partial charge in [0, 0.05) is 42.0 Å². The quantitative estimate of drug-likeness (QED) is 0.820. The first-order valence-corrected chi connectivity index (χ1v) is 7.54. The van der Waals surface area contributed by atoms with Crippen LogP contribution in [0.25, 0.3) is 0 Å². The SMILES string of the molecule is CC(NCc1cn(CCCO)nn1)c1ccc(Cl)cc1Cl. The predicted molar refractivity (Wildman–Crippen MR) is 83.4 cm³/mol. The lowest BCUT2D eigenvalue weighted by molar-refractivity contribution is 0.276. The van der Waals surface area contributed by atoms with Crippen LogP contribution in [0, 0.1) is 0 Å². The molecule has 0 bridgehead atoms. The largest absolute Gasteiger partial charge is 0.396 e. The predicted octanol–water partition coefficient (Wildman–Crippen LogP) is 2.82. The van der Waals surface area contributed by atoms with E-state index in [1.807, 2.05) is 25.3 Å². The van der Waals surface area contributed by atoms with Gasteiger partial charge in [-0.3, -0.25) is 4.68 Å². The summed E-state index contributed by atoms with van der Waals surface area (Å²) >= 11 is 12.1. The fraction of sp³-hybridized carbons (Fsp3) is 0.429. The van der Waals surface area contributed by atoms with E-state index < -0.39 is 0 Å². The highest BCUT2D eigenvalue weighted by molar-refractivity contribution is 6.35. The number of aliphatic hydroxyl groups excluding tert-OH is 1. The van der Waals surface area contributed by atoms with Gasteiger partial charge in [-0.05, 0) is 31.0 Å². The lowest BCUT2D eigenvalue weighted by Crippen LogP contribution is -2.18. The van der Waals surface area contributed by atoms with Crippen LogP contribution in [0.4, 0.5) is 0 Å². The van der Waals surface area contributed by atoms with Crippen molar-refractivity contribution in [1.82, 2.24) is 20.3 Å². The fourth-order valence-electron chi connectivity index (χ4n) is 1.98. The van der Waals surface area contributed by atoms with Gasteiger partial charge in [0.05, 0.1) is 5.69 Å². The standard InChI is InChI=1S/C14H18Cl2N4O/c1-10(13-4-3-11(15)7-14(13)16)17-8-12-9-20(19-18-12)5-2-6-21/h3-4,7,9-10,17,21H,2,5-6,8H2,1H3. The van der Waals surface area contributed by atoms with Crippen molar-refractivity contribution in [1.29, 1.82) is 0 Å². The number of hydrogen-bond acceptors (Lipinski definition) is 4. The summed E-state index contributed by atoms with van der Waals surface area (Å²) in [6.07, 6.45) is 2.55. The molecule has 0 amide bonds. The molecule has 2 N–H and O–H groups in total. The van der Waals surface area contributed by atoms with Gasteiger partial charge in [0.1, 0.15) is 0 Å². The molecular weight excluding hydrogens is 311 g/mol. The molecule has 1 atom stereocenters. The summed E-state index contributed by atoms with van der Waals surface area (Å²) in [7, 11) is 0.